The molecule has 3 heterocycles. The highest BCUT2D eigenvalue weighted by Crippen LogP contribution is 2.36. The average molecular weight is 456 g/mol. The molecule has 8 nitrogen and oxygen atoms in total. The Hall–Kier alpha value is -2.91. The van der Waals surface area contributed by atoms with Gasteiger partial charge in [-0.15, -0.1) is 0 Å². The van der Waals surface area contributed by atoms with E-state index in [1.165, 1.54) is 11.8 Å². The minimum atomic E-state index is -3.44. The van der Waals surface area contributed by atoms with Crippen LogP contribution in [0.4, 0.5) is 10.5 Å². The molecule has 2 amide bonds. The lowest BCUT2D eigenvalue weighted by atomic mass is 9.81. The van der Waals surface area contributed by atoms with Crippen LogP contribution in [0.25, 0.3) is 11.0 Å². The van der Waals surface area contributed by atoms with Crippen molar-refractivity contribution in [2.45, 2.75) is 24.8 Å². The molecule has 1 atom stereocenters. The van der Waals surface area contributed by atoms with Crippen molar-refractivity contribution in [1.29, 1.82) is 0 Å². The van der Waals surface area contributed by atoms with Crippen molar-refractivity contribution in [2.75, 3.05) is 38.3 Å². The van der Waals surface area contributed by atoms with E-state index in [1.807, 2.05) is 12.1 Å². The lowest BCUT2D eigenvalue weighted by Crippen LogP contribution is -2.44. The first-order valence-corrected chi connectivity index (χ1v) is 12.5. The van der Waals surface area contributed by atoms with Gasteiger partial charge in [0.1, 0.15) is 0 Å². The number of hydrogen-bond acceptors (Lipinski definition) is 5. The maximum atomic E-state index is 13.0. The molecule has 0 aliphatic carbocycles. The van der Waals surface area contributed by atoms with Gasteiger partial charge in [0, 0.05) is 30.2 Å². The standard InChI is InChI=1S/C23H29N5O3S/c1-26(2)23(19-8-5-4-6-9-19)11-7-14-27(22(29)24-13-12-23)20-16-18-10-15-28(32(3,30)31)21(18)25-17-20/h4-6,8-10,15-17H,7,11-14H2,1-3H3,(H,24,29)/t23-/m0/s1. The van der Waals surface area contributed by atoms with Crippen LogP contribution in [0.1, 0.15) is 24.8 Å². The number of nitrogens with zero attached hydrogens (tertiary/aromatic N) is 4. The van der Waals surface area contributed by atoms with E-state index in [0.29, 0.717) is 29.8 Å². The second-order valence-corrected chi connectivity index (χ2v) is 10.4. The first-order valence-electron chi connectivity index (χ1n) is 10.7. The Kier molecular flexibility index (Phi) is 5.96. The molecule has 1 aliphatic rings. The van der Waals surface area contributed by atoms with Gasteiger partial charge in [-0.3, -0.25) is 9.80 Å². The van der Waals surface area contributed by atoms with E-state index in [-0.39, 0.29) is 11.6 Å². The lowest BCUT2D eigenvalue weighted by molar-refractivity contribution is 0.126. The van der Waals surface area contributed by atoms with Gasteiger partial charge in [-0.05, 0) is 51.1 Å². The molecule has 0 bridgehead atoms. The summed E-state index contributed by atoms with van der Waals surface area (Å²) in [7, 11) is 0.743. The van der Waals surface area contributed by atoms with Crippen LogP contribution in [0, 0.1) is 0 Å². The average Bonchev–Trinajstić information content (AvgIpc) is 3.21. The summed E-state index contributed by atoms with van der Waals surface area (Å²) in [6, 6.07) is 13.8. The number of urea groups is 1. The highest BCUT2D eigenvalue weighted by Gasteiger charge is 2.35. The Morgan fingerprint density at radius 2 is 1.88 bits per heavy atom. The summed E-state index contributed by atoms with van der Waals surface area (Å²) in [6.45, 7) is 1.08. The van der Waals surface area contributed by atoms with Crippen LogP contribution in [0.5, 0.6) is 0 Å². The third-order valence-electron chi connectivity index (χ3n) is 6.35. The zero-order chi connectivity index (χ0) is 22.9. The summed E-state index contributed by atoms with van der Waals surface area (Å²) in [5.41, 5.74) is 2.09. The van der Waals surface area contributed by atoms with Crippen LogP contribution >= 0.6 is 0 Å². The Bertz CT molecular complexity index is 1220. The molecule has 170 valence electrons. The van der Waals surface area contributed by atoms with Crippen molar-refractivity contribution >= 4 is 32.8 Å². The molecule has 32 heavy (non-hydrogen) atoms. The van der Waals surface area contributed by atoms with Gasteiger partial charge >= 0.3 is 6.03 Å². The van der Waals surface area contributed by atoms with Crippen molar-refractivity contribution in [2.24, 2.45) is 0 Å². The number of fused-ring (bicyclic) bond motifs is 1. The van der Waals surface area contributed by atoms with Gasteiger partial charge in [0.15, 0.2) is 5.65 Å². The SMILES string of the molecule is CN(C)[C@@]1(c2ccccc2)CCCN(c2cnc3c(ccn3S(C)(=O)=O)c2)C(=O)NCC1. The fourth-order valence-electron chi connectivity index (χ4n) is 4.62. The number of rotatable bonds is 4. The van der Waals surface area contributed by atoms with E-state index in [9.17, 15) is 13.2 Å². The number of anilines is 1. The third-order valence-corrected chi connectivity index (χ3v) is 7.36. The van der Waals surface area contributed by atoms with Crippen LogP contribution in [0.15, 0.2) is 54.9 Å². The third kappa shape index (κ3) is 4.10. The van der Waals surface area contributed by atoms with Crippen molar-refractivity contribution in [3.63, 3.8) is 0 Å². The summed E-state index contributed by atoms with van der Waals surface area (Å²) in [5.74, 6) is 0. The molecule has 1 fully saturated rings. The number of nitrogens with one attached hydrogen (secondary N) is 1. The van der Waals surface area contributed by atoms with E-state index in [2.05, 4.69) is 53.6 Å². The molecule has 0 spiro atoms. The fraction of sp³-hybridized carbons (Fsp3) is 0.391. The van der Waals surface area contributed by atoms with Crippen LogP contribution in [-0.2, 0) is 15.6 Å². The molecule has 9 heteroatoms. The van der Waals surface area contributed by atoms with Gasteiger partial charge < -0.3 is 5.32 Å². The lowest BCUT2D eigenvalue weighted by Gasteiger charge is -2.41. The normalized spacial score (nSPS) is 20.6. The van der Waals surface area contributed by atoms with Crippen molar-refractivity contribution < 1.29 is 13.2 Å². The van der Waals surface area contributed by atoms with Crippen molar-refractivity contribution in [3.05, 3.63) is 60.4 Å². The molecule has 0 saturated carbocycles. The Morgan fingerprint density at radius 1 is 1.12 bits per heavy atom. The number of aromatic nitrogens is 2. The van der Waals surface area contributed by atoms with E-state index in [4.69, 9.17) is 0 Å². The molecule has 1 saturated heterocycles. The molecule has 0 radical (unpaired) electrons. The van der Waals surface area contributed by atoms with Crippen LogP contribution in [0.2, 0.25) is 0 Å². The van der Waals surface area contributed by atoms with Gasteiger partial charge in [-0.25, -0.2) is 22.2 Å². The van der Waals surface area contributed by atoms with Crippen molar-refractivity contribution in [3.8, 4) is 0 Å². The van der Waals surface area contributed by atoms with E-state index in [0.717, 1.165) is 29.5 Å². The van der Waals surface area contributed by atoms with Crippen LogP contribution in [0.3, 0.4) is 0 Å². The number of pyridine rings is 1. The Labute approximate surface area is 188 Å². The van der Waals surface area contributed by atoms with Gasteiger partial charge in [0.25, 0.3) is 0 Å². The fourth-order valence-corrected chi connectivity index (χ4v) is 5.37. The number of benzene rings is 1. The predicted octanol–water partition coefficient (Wildman–Crippen LogP) is 3.00. The molecule has 1 N–H and O–H groups in total. The predicted molar refractivity (Wildman–Crippen MR) is 126 cm³/mol. The van der Waals surface area contributed by atoms with Gasteiger partial charge in [-0.1, -0.05) is 30.3 Å². The molecule has 1 aliphatic heterocycles. The molecule has 4 rings (SSSR count). The summed E-state index contributed by atoms with van der Waals surface area (Å²) >= 11 is 0. The molecule has 3 aromatic rings. The number of carbonyl (C=O) groups is 1. The van der Waals surface area contributed by atoms with Crippen molar-refractivity contribution in [1.82, 2.24) is 19.2 Å². The van der Waals surface area contributed by atoms with E-state index < -0.39 is 10.0 Å². The highest BCUT2D eigenvalue weighted by atomic mass is 32.2. The van der Waals surface area contributed by atoms with Gasteiger partial charge in [0.2, 0.25) is 10.0 Å². The minimum absolute atomic E-state index is 0.167. The first-order chi connectivity index (χ1) is 15.2. The quantitative estimate of drug-likeness (QED) is 0.654. The molecule has 1 aromatic carbocycles. The zero-order valence-corrected chi connectivity index (χ0v) is 19.5. The zero-order valence-electron chi connectivity index (χ0n) is 18.7. The van der Waals surface area contributed by atoms with Crippen LogP contribution < -0.4 is 10.2 Å². The number of amides is 2. The summed E-state index contributed by atoms with van der Waals surface area (Å²) in [4.78, 5) is 21.3. The Morgan fingerprint density at radius 3 is 2.56 bits per heavy atom. The molecule has 2 aromatic heterocycles. The maximum absolute atomic E-state index is 13.0. The molecule has 0 unspecified atom stereocenters. The molecular formula is C23H29N5O3S. The van der Waals surface area contributed by atoms with Crippen LogP contribution in [-0.4, -0.2) is 61.7 Å². The maximum Gasteiger partial charge on any atom is 0.321 e. The second-order valence-electron chi connectivity index (χ2n) is 8.51. The van der Waals surface area contributed by atoms with Gasteiger partial charge in [0.05, 0.1) is 18.1 Å². The molecular weight excluding hydrogens is 426 g/mol. The number of hydrogen-bond donors (Lipinski definition) is 1. The second kappa shape index (κ2) is 8.55. The number of carbonyl (C=O) groups excluding carboxylic acids is 1. The summed E-state index contributed by atoms with van der Waals surface area (Å²) in [6.07, 6.45) is 6.70. The van der Waals surface area contributed by atoms with E-state index >= 15 is 0 Å². The van der Waals surface area contributed by atoms with Gasteiger partial charge in [-0.2, -0.15) is 0 Å². The monoisotopic (exact) mass is 455 g/mol. The smallest absolute Gasteiger partial charge is 0.321 e. The Balaban J connectivity index is 1.63. The minimum Gasteiger partial charge on any atom is -0.338 e. The highest BCUT2D eigenvalue weighted by molar-refractivity contribution is 7.89. The topological polar surface area (TPSA) is 87.5 Å². The summed E-state index contributed by atoms with van der Waals surface area (Å²) < 4.78 is 25.0. The largest absolute Gasteiger partial charge is 0.338 e. The summed E-state index contributed by atoms with van der Waals surface area (Å²) in [5, 5.41) is 3.74. The first kappa shape index (κ1) is 22.3. The van der Waals surface area contributed by atoms with E-state index in [1.54, 1.807) is 17.2 Å².